The summed E-state index contributed by atoms with van der Waals surface area (Å²) in [4.78, 5) is 13.9. The lowest BCUT2D eigenvalue weighted by Crippen LogP contribution is -2.00. The van der Waals surface area contributed by atoms with Gasteiger partial charge in [0.2, 0.25) is 0 Å². The van der Waals surface area contributed by atoms with Gasteiger partial charge < -0.3 is 8.60 Å². The number of aryl methyl sites for hydroxylation is 1. The SMILES string of the molecule is Cc1nc2c([N+](=O)[O-])cc(OS(=O)(=O)Cl)cc2o1. The number of rotatable bonds is 3. The van der Waals surface area contributed by atoms with Crippen LogP contribution in [0.25, 0.3) is 11.1 Å². The maximum atomic E-state index is 10.8. The number of fused-ring (bicyclic) bond motifs is 1. The van der Waals surface area contributed by atoms with Crippen LogP contribution in [0.2, 0.25) is 0 Å². The molecule has 2 rings (SSSR count). The lowest BCUT2D eigenvalue weighted by Gasteiger charge is -2.00. The largest absolute Gasteiger partial charge is 0.441 e. The van der Waals surface area contributed by atoms with Crippen LogP contribution in [-0.2, 0) is 9.33 Å². The van der Waals surface area contributed by atoms with Gasteiger partial charge in [0.15, 0.2) is 22.7 Å². The Kier molecular flexibility index (Phi) is 2.87. The third kappa shape index (κ3) is 2.51. The topological polar surface area (TPSA) is 113 Å². The van der Waals surface area contributed by atoms with Crippen molar-refractivity contribution in [3.63, 3.8) is 0 Å². The highest BCUT2D eigenvalue weighted by Crippen LogP contribution is 2.31. The second-order valence-electron chi connectivity index (χ2n) is 3.26. The molecule has 8 nitrogen and oxygen atoms in total. The molecule has 0 aliphatic heterocycles. The number of halogens is 1. The summed E-state index contributed by atoms with van der Waals surface area (Å²) in [6, 6.07) is 2.06. The molecule has 0 N–H and O–H groups in total. The van der Waals surface area contributed by atoms with Gasteiger partial charge in [-0.15, -0.1) is 0 Å². The molecule has 18 heavy (non-hydrogen) atoms. The van der Waals surface area contributed by atoms with E-state index in [2.05, 4.69) is 9.17 Å². The van der Waals surface area contributed by atoms with Gasteiger partial charge in [-0.05, 0) is 0 Å². The van der Waals surface area contributed by atoms with Crippen LogP contribution in [0.4, 0.5) is 5.69 Å². The summed E-state index contributed by atoms with van der Waals surface area (Å²) in [6.45, 7) is 1.50. The smallest absolute Gasteiger partial charge is 0.401 e. The number of hydrogen-bond acceptors (Lipinski definition) is 7. The van der Waals surface area contributed by atoms with Gasteiger partial charge in [-0.1, -0.05) is 0 Å². The molecule has 0 spiro atoms. The van der Waals surface area contributed by atoms with Crippen LogP contribution in [0.3, 0.4) is 0 Å². The highest BCUT2D eigenvalue weighted by atomic mass is 35.7. The first-order valence-corrected chi connectivity index (χ1v) is 6.69. The zero-order valence-electron chi connectivity index (χ0n) is 8.78. The van der Waals surface area contributed by atoms with Gasteiger partial charge in [-0.2, -0.15) is 8.42 Å². The van der Waals surface area contributed by atoms with Gasteiger partial charge in [0.25, 0.3) is 0 Å². The molecule has 0 fully saturated rings. The Morgan fingerprint density at radius 3 is 2.72 bits per heavy atom. The Hall–Kier alpha value is -1.87. The molecular formula is C8H5ClN2O6S. The maximum Gasteiger partial charge on any atom is 0.401 e. The minimum Gasteiger partial charge on any atom is -0.441 e. The van der Waals surface area contributed by atoms with Crippen LogP contribution in [0.1, 0.15) is 5.89 Å². The Morgan fingerprint density at radius 2 is 2.17 bits per heavy atom. The molecule has 1 heterocycles. The van der Waals surface area contributed by atoms with Crippen LogP contribution in [0, 0.1) is 17.0 Å². The van der Waals surface area contributed by atoms with Gasteiger partial charge in [-0.3, -0.25) is 10.1 Å². The first kappa shape index (κ1) is 12.6. The number of nitro groups is 1. The van der Waals surface area contributed by atoms with Crippen molar-refractivity contribution in [2.24, 2.45) is 0 Å². The van der Waals surface area contributed by atoms with E-state index in [0.717, 1.165) is 12.1 Å². The summed E-state index contributed by atoms with van der Waals surface area (Å²) < 4.78 is 30.9. The van der Waals surface area contributed by atoms with Gasteiger partial charge in [0.05, 0.1) is 21.7 Å². The highest BCUT2D eigenvalue weighted by molar-refractivity contribution is 8.10. The quantitative estimate of drug-likeness (QED) is 0.482. The number of benzene rings is 1. The van der Waals surface area contributed by atoms with Gasteiger partial charge in [-0.25, -0.2) is 4.98 Å². The van der Waals surface area contributed by atoms with Gasteiger partial charge >= 0.3 is 15.0 Å². The molecule has 10 heteroatoms. The van der Waals surface area contributed by atoms with Crippen molar-refractivity contribution >= 4 is 36.8 Å². The van der Waals surface area contributed by atoms with Gasteiger partial charge in [0, 0.05) is 13.0 Å². The number of nitrogens with zero attached hydrogens (tertiary/aromatic N) is 2. The van der Waals surface area contributed by atoms with Crippen LogP contribution < -0.4 is 4.18 Å². The average molecular weight is 293 g/mol. The Bertz CT molecular complexity index is 737. The second-order valence-corrected chi connectivity index (χ2v) is 5.34. The number of non-ortho nitro benzene ring substituents is 1. The van der Waals surface area contributed by atoms with E-state index in [4.69, 9.17) is 15.1 Å². The molecule has 0 amide bonds. The maximum absolute atomic E-state index is 10.8. The van der Waals surface area contributed by atoms with Crippen LogP contribution in [-0.4, -0.2) is 18.3 Å². The fourth-order valence-electron chi connectivity index (χ4n) is 1.40. The van der Waals surface area contributed by atoms with Crippen molar-refractivity contribution in [2.75, 3.05) is 0 Å². The Morgan fingerprint density at radius 1 is 1.50 bits per heavy atom. The average Bonchev–Trinajstić information content (AvgIpc) is 2.53. The molecule has 0 atom stereocenters. The summed E-state index contributed by atoms with van der Waals surface area (Å²) in [6.07, 6.45) is 0. The summed E-state index contributed by atoms with van der Waals surface area (Å²) in [7, 11) is 0.596. The Labute approximate surface area is 105 Å². The zero-order valence-corrected chi connectivity index (χ0v) is 10.4. The van der Waals surface area contributed by atoms with E-state index in [0.29, 0.717) is 0 Å². The lowest BCUT2D eigenvalue weighted by molar-refractivity contribution is -0.383. The number of hydrogen-bond donors (Lipinski definition) is 0. The minimum atomic E-state index is -4.29. The van der Waals surface area contributed by atoms with Crippen LogP contribution in [0.15, 0.2) is 16.5 Å². The summed E-state index contributed by atoms with van der Waals surface area (Å²) in [5.41, 5.74) is -0.381. The fraction of sp³-hybridized carbons (Fsp3) is 0.125. The first-order chi connectivity index (χ1) is 8.26. The van der Waals surface area contributed by atoms with Crippen molar-refractivity contribution < 1.29 is 21.9 Å². The van der Waals surface area contributed by atoms with E-state index in [1.54, 1.807) is 0 Å². The molecule has 0 unspecified atom stereocenters. The van der Waals surface area contributed by atoms with Crippen molar-refractivity contribution in [3.05, 3.63) is 28.1 Å². The lowest BCUT2D eigenvalue weighted by atomic mass is 10.2. The number of nitro benzene ring substituents is 1. The van der Waals surface area contributed by atoms with Gasteiger partial charge in [0.1, 0.15) is 0 Å². The van der Waals surface area contributed by atoms with Crippen molar-refractivity contribution in [1.29, 1.82) is 0 Å². The van der Waals surface area contributed by atoms with E-state index >= 15 is 0 Å². The minimum absolute atomic E-state index is 0.0109. The van der Waals surface area contributed by atoms with E-state index in [1.807, 2.05) is 0 Å². The molecule has 0 radical (unpaired) electrons. The molecule has 0 saturated heterocycles. The highest BCUT2D eigenvalue weighted by Gasteiger charge is 2.21. The fourth-order valence-corrected chi connectivity index (χ4v) is 1.94. The molecular weight excluding hydrogens is 288 g/mol. The monoisotopic (exact) mass is 292 g/mol. The summed E-state index contributed by atoms with van der Waals surface area (Å²) in [5.74, 6) is -0.112. The zero-order chi connectivity index (χ0) is 13.5. The molecule has 0 bridgehead atoms. The molecule has 1 aromatic heterocycles. The Balaban J connectivity index is 2.67. The van der Waals surface area contributed by atoms with Crippen LogP contribution in [0.5, 0.6) is 5.75 Å². The molecule has 2 aromatic rings. The molecule has 0 aliphatic rings. The van der Waals surface area contributed by atoms with E-state index < -0.39 is 19.9 Å². The van der Waals surface area contributed by atoms with Crippen LogP contribution >= 0.6 is 10.7 Å². The third-order valence-corrected chi connectivity index (χ3v) is 2.53. The molecule has 0 aliphatic carbocycles. The number of aromatic nitrogens is 1. The molecule has 0 saturated carbocycles. The van der Waals surface area contributed by atoms with E-state index in [9.17, 15) is 18.5 Å². The first-order valence-electron chi connectivity index (χ1n) is 4.46. The third-order valence-electron chi connectivity index (χ3n) is 1.95. The number of oxazole rings is 1. The second kappa shape index (κ2) is 4.10. The normalized spacial score (nSPS) is 11.7. The summed E-state index contributed by atoms with van der Waals surface area (Å²) >= 11 is 0. The van der Waals surface area contributed by atoms with Crippen molar-refractivity contribution in [2.45, 2.75) is 6.92 Å². The molecule has 1 aromatic carbocycles. The van der Waals surface area contributed by atoms with E-state index in [1.165, 1.54) is 6.92 Å². The standard InChI is InChI=1S/C8H5ClN2O6S/c1-4-10-8-6(11(12)13)2-5(3-7(8)16-4)17-18(9,14)15/h2-3H,1H3. The summed E-state index contributed by atoms with van der Waals surface area (Å²) in [5, 5.41) is 10.8. The predicted octanol–water partition coefficient (Wildman–Crippen LogP) is 1.91. The molecule has 96 valence electrons. The van der Waals surface area contributed by atoms with Crippen molar-refractivity contribution in [3.8, 4) is 5.75 Å². The van der Waals surface area contributed by atoms with Crippen molar-refractivity contribution in [1.82, 2.24) is 4.98 Å². The van der Waals surface area contributed by atoms with E-state index in [-0.39, 0.29) is 22.7 Å². The predicted molar refractivity (Wildman–Crippen MR) is 60.8 cm³/mol.